The van der Waals surface area contributed by atoms with Crippen LogP contribution >= 0.6 is 11.8 Å². The number of nitrogens with zero attached hydrogens (tertiary/aromatic N) is 1. The summed E-state index contributed by atoms with van der Waals surface area (Å²) >= 11 is 1.37. The quantitative estimate of drug-likeness (QED) is 0.486. The predicted octanol–water partition coefficient (Wildman–Crippen LogP) is 5.82. The Labute approximate surface area is 205 Å². The second-order valence-corrected chi connectivity index (χ2v) is 9.22. The molecule has 0 amide bonds. The fourth-order valence-corrected chi connectivity index (χ4v) is 4.41. The van der Waals surface area contributed by atoms with E-state index in [9.17, 15) is 4.39 Å². The molecule has 5 nitrogen and oxygen atoms in total. The molecule has 0 radical (unpaired) electrons. The Bertz CT molecular complexity index is 991. The first-order chi connectivity index (χ1) is 16.5. The Hall–Kier alpha value is -2.90. The van der Waals surface area contributed by atoms with Gasteiger partial charge < -0.3 is 19.7 Å². The van der Waals surface area contributed by atoms with E-state index in [1.165, 1.54) is 37.3 Å². The summed E-state index contributed by atoms with van der Waals surface area (Å²) < 4.78 is 24.0. The van der Waals surface area contributed by atoms with Crippen molar-refractivity contribution < 1.29 is 24.1 Å². The average Bonchev–Trinajstić information content (AvgIpc) is 3.28. The van der Waals surface area contributed by atoms with Gasteiger partial charge in [0.15, 0.2) is 11.6 Å². The molecule has 1 saturated heterocycles. The number of rotatable bonds is 4. The Balaban J connectivity index is 0.000000152. The van der Waals surface area contributed by atoms with Crippen LogP contribution in [0.5, 0.6) is 23.0 Å². The zero-order chi connectivity index (χ0) is 24.2. The highest BCUT2D eigenvalue weighted by atomic mass is 32.2. The summed E-state index contributed by atoms with van der Waals surface area (Å²) in [5.41, 5.74) is 0. The fraction of sp³-hybridized carbons (Fsp3) is 0.333. The summed E-state index contributed by atoms with van der Waals surface area (Å²) in [5, 5.41) is 17.7. The molecular formula is C27H32FNO4S. The van der Waals surface area contributed by atoms with Crippen LogP contribution in [0.25, 0.3) is 0 Å². The van der Waals surface area contributed by atoms with Crippen LogP contribution in [0.2, 0.25) is 0 Å². The van der Waals surface area contributed by atoms with Gasteiger partial charge in [0, 0.05) is 18.8 Å². The van der Waals surface area contributed by atoms with Crippen LogP contribution in [-0.2, 0) is 0 Å². The third kappa shape index (κ3) is 8.47. The monoisotopic (exact) mass is 485 g/mol. The summed E-state index contributed by atoms with van der Waals surface area (Å²) in [6.07, 6.45) is 1.34. The molecule has 0 saturated carbocycles. The smallest absolute Gasteiger partial charge is 0.182 e. The van der Waals surface area contributed by atoms with E-state index in [1.807, 2.05) is 36.4 Å². The number of hydrogen-bond acceptors (Lipinski definition) is 6. The number of fused-ring (bicyclic) bond motifs is 1. The molecule has 182 valence electrons. The van der Waals surface area contributed by atoms with E-state index in [4.69, 9.17) is 19.7 Å². The van der Waals surface area contributed by atoms with Crippen LogP contribution in [0.4, 0.5) is 4.39 Å². The maximum atomic E-state index is 13.1. The molecule has 1 atom stereocenters. The van der Waals surface area contributed by atoms with E-state index in [1.54, 1.807) is 30.3 Å². The number of hydrogen-bond donors (Lipinski definition) is 2. The van der Waals surface area contributed by atoms with Crippen LogP contribution in [0.15, 0.2) is 77.7 Å². The SMILES string of the molecule is C[C@H]1CCN(CCOc2ccccc2)C1.Oc1ccc2c(c1F)SCCO2.Oc1ccccc1. The topological polar surface area (TPSA) is 62.2 Å². The van der Waals surface area contributed by atoms with Crippen molar-refractivity contribution in [3.05, 3.63) is 78.6 Å². The maximum Gasteiger partial charge on any atom is 0.182 e. The predicted molar refractivity (Wildman–Crippen MR) is 135 cm³/mol. The van der Waals surface area contributed by atoms with Crippen molar-refractivity contribution in [1.82, 2.24) is 4.90 Å². The molecule has 2 aliphatic heterocycles. The summed E-state index contributed by atoms with van der Waals surface area (Å²) in [6, 6.07) is 21.6. The number of thioether (sulfide) groups is 1. The van der Waals surface area contributed by atoms with E-state index in [0.717, 1.165) is 30.6 Å². The van der Waals surface area contributed by atoms with Gasteiger partial charge in [-0.15, -0.1) is 11.8 Å². The van der Waals surface area contributed by atoms with Gasteiger partial charge in [-0.25, -0.2) is 4.39 Å². The molecule has 0 aromatic heterocycles. The highest BCUT2D eigenvalue weighted by Gasteiger charge is 2.18. The first-order valence-corrected chi connectivity index (χ1v) is 12.4. The first kappa shape index (κ1) is 25.7. The van der Waals surface area contributed by atoms with E-state index >= 15 is 0 Å². The van der Waals surface area contributed by atoms with Crippen LogP contribution in [-0.4, -0.2) is 53.7 Å². The third-order valence-corrected chi connectivity index (χ3v) is 6.35. The average molecular weight is 486 g/mol. The van der Waals surface area contributed by atoms with Gasteiger partial charge in [0.1, 0.15) is 23.9 Å². The van der Waals surface area contributed by atoms with Gasteiger partial charge in [0.05, 0.1) is 11.5 Å². The first-order valence-electron chi connectivity index (χ1n) is 11.4. The largest absolute Gasteiger partial charge is 0.508 e. The van der Waals surface area contributed by atoms with Gasteiger partial charge in [-0.2, -0.15) is 0 Å². The van der Waals surface area contributed by atoms with Gasteiger partial charge in [-0.3, -0.25) is 4.90 Å². The maximum absolute atomic E-state index is 13.1. The van der Waals surface area contributed by atoms with Crippen LogP contribution in [0.1, 0.15) is 13.3 Å². The summed E-state index contributed by atoms with van der Waals surface area (Å²) in [6.45, 7) is 7.24. The molecule has 0 unspecified atom stereocenters. The number of para-hydroxylation sites is 2. The third-order valence-electron chi connectivity index (χ3n) is 5.31. The zero-order valence-electron chi connectivity index (χ0n) is 19.4. The molecule has 3 aromatic rings. The Morgan fingerprint density at radius 3 is 2.35 bits per heavy atom. The number of benzene rings is 3. The summed E-state index contributed by atoms with van der Waals surface area (Å²) in [7, 11) is 0. The molecule has 5 rings (SSSR count). The van der Waals surface area contributed by atoms with Crippen LogP contribution in [0.3, 0.4) is 0 Å². The lowest BCUT2D eigenvalue weighted by Crippen LogP contribution is -2.25. The van der Waals surface area contributed by atoms with Crippen molar-refractivity contribution >= 4 is 11.8 Å². The van der Waals surface area contributed by atoms with Crippen molar-refractivity contribution in [1.29, 1.82) is 0 Å². The lowest BCUT2D eigenvalue weighted by Gasteiger charge is -2.16. The molecule has 0 aliphatic carbocycles. The van der Waals surface area contributed by atoms with Crippen molar-refractivity contribution in [3.8, 4) is 23.0 Å². The van der Waals surface area contributed by atoms with Crippen molar-refractivity contribution in [2.24, 2.45) is 5.92 Å². The molecule has 0 bridgehead atoms. The minimum Gasteiger partial charge on any atom is -0.508 e. The lowest BCUT2D eigenvalue weighted by molar-refractivity contribution is 0.234. The van der Waals surface area contributed by atoms with E-state index in [-0.39, 0.29) is 5.75 Å². The standard InChI is InChI=1S/C13H19NO.C8H7FO2S.C6H6O/c1-12-7-8-14(11-12)9-10-15-13-5-3-2-4-6-13;9-7-5(10)1-2-6-8(7)12-4-3-11-6;7-6-4-2-1-3-5-6/h2-6,12H,7-11H2,1H3;1-2,10H,3-4H2;1-5,7H/t12-;;/m0../s1. The molecule has 1 fully saturated rings. The molecule has 2 aliphatic rings. The molecule has 7 heteroatoms. The van der Waals surface area contributed by atoms with Crippen LogP contribution < -0.4 is 9.47 Å². The van der Waals surface area contributed by atoms with Crippen LogP contribution in [0, 0.1) is 11.7 Å². The number of ether oxygens (including phenoxy) is 2. The molecular weight excluding hydrogens is 453 g/mol. The molecule has 2 N–H and O–H groups in total. The highest BCUT2D eigenvalue weighted by Crippen LogP contribution is 2.38. The molecule has 2 heterocycles. The number of phenols is 2. The van der Waals surface area contributed by atoms with Crippen molar-refractivity contribution in [3.63, 3.8) is 0 Å². The Morgan fingerprint density at radius 2 is 1.74 bits per heavy atom. The Morgan fingerprint density at radius 1 is 1.03 bits per heavy atom. The van der Waals surface area contributed by atoms with Crippen molar-refractivity contribution in [2.45, 2.75) is 18.2 Å². The number of phenolic OH excluding ortho intramolecular Hbond substituents is 2. The number of likely N-dealkylation sites (tertiary alicyclic amines) is 1. The van der Waals surface area contributed by atoms with Gasteiger partial charge in [0.25, 0.3) is 0 Å². The van der Waals surface area contributed by atoms with Gasteiger partial charge >= 0.3 is 0 Å². The second kappa shape index (κ2) is 13.7. The Kier molecular flexibility index (Phi) is 10.4. The normalized spacial score (nSPS) is 16.7. The number of halogens is 1. The van der Waals surface area contributed by atoms with Gasteiger partial charge in [-0.1, -0.05) is 43.3 Å². The van der Waals surface area contributed by atoms with E-state index in [2.05, 4.69) is 11.8 Å². The zero-order valence-corrected chi connectivity index (χ0v) is 20.2. The second-order valence-electron chi connectivity index (χ2n) is 8.11. The molecule has 3 aromatic carbocycles. The van der Waals surface area contributed by atoms with E-state index in [0.29, 0.717) is 23.0 Å². The number of aromatic hydroxyl groups is 2. The van der Waals surface area contributed by atoms with Crippen molar-refractivity contribution in [2.75, 3.05) is 38.6 Å². The highest BCUT2D eigenvalue weighted by molar-refractivity contribution is 7.99. The lowest BCUT2D eigenvalue weighted by atomic mass is 10.2. The molecule has 0 spiro atoms. The summed E-state index contributed by atoms with van der Waals surface area (Å²) in [5.74, 6) is 2.53. The van der Waals surface area contributed by atoms with E-state index < -0.39 is 5.82 Å². The minimum absolute atomic E-state index is 0.313. The summed E-state index contributed by atoms with van der Waals surface area (Å²) in [4.78, 5) is 2.90. The van der Waals surface area contributed by atoms with Gasteiger partial charge in [-0.05, 0) is 55.3 Å². The molecule has 34 heavy (non-hydrogen) atoms. The minimum atomic E-state index is -0.572. The fourth-order valence-electron chi connectivity index (χ4n) is 3.54. The van der Waals surface area contributed by atoms with Gasteiger partial charge in [0.2, 0.25) is 0 Å².